The molecule has 7 atom stereocenters. The minimum absolute atomic E-state index is 0.0829. The van der Waals surface area contributed by atoms with Crippen molar-refractivity contribution in [2.45, 2.75) is 49.7 Å². The topological polar surface area (TPSA) is 180 Å². The zero-order valence-electron chi connectivity index (χ0n) is 18.6. The van der Waals surface area contributed by atoms with E-state index in [4.69, 9.17) is 9.84 Å². The highest BCUT2D eigenvalue weighted by molar-refractivity contribution is 6.08. The van der Waals surface area contributed by atoms with Gasteiger partial charge in [0.25, 0.3) is 11.8 Å². The van der Waals surface area contributed by atoms with Crippen LogP contribution in [0.4, 0.5) is 11.4 Å². The molecule has 7 N–H and O–H groups in total. The van der Waals surface area contributed by atoms with Gasteiger partial charge >= 0.3 is 0 Å². The molecule has 2 aliphatic rings. The molecule has 2 heterocycles. The van der Waals surface area contributed by atoms with E-state index in [2.05, 4.69) is 11.9 Å². The molecule has 1 fully saturated rings. The maximum absolute atomic E-state index is 13.2. The first kappa shape index (κ1) is 26.0. The zero-order chi connectivity index (χ0) is 25.2. The van der Waals surface area contributed by atoms with Crippen molar-refractivity contribution in [2.24, 2.45) is 5.92 Å². The molecule has 1 saturated heterocycles. The molecular weight excluding hydrogens is 448 g/mol. The van der Waals surface area contributed by atoms with Crippen LogP contribution < -0.4 is 10.2 Å². The average Bonchev–Trinajstić information content (AvgIpc) is 3.02. The molecule has 0 aliphatic carbocycles. The van der Waals surface area contributed by atoms with E-state index in [1.54, 1.807) is 25.1 Å². The van der Waals surface area contributed by atoms with Crippen LogP contribution in [0, 0.1) is 5.92 Å². The molecule has 0 bridgehead atoms. The van der Waals surface area contributed by atoms with E-state index in [0.29, 0.717) is 12.1 Å². The summed E-state index contributed by atoms with van der Waals surface area (Å²) in [5.41, 5.74) is -1.13. The predicted octanol–water partition coefficient (Wildman–Crippen LogP) is -1.28. The Hall–Kier alpha value is -2.64. The number of benzene rings is 1. The Morgan fingerprint density at radius 3 is 2.62 bits per heavy atom. The number of aliphatic hydroxyl groups is 6. The minimum Gasteiger partial charge on any atom is -0.396 e. The van der Waals surface area contributed by atoms with Crippen molar-refractivity contribution in [2.75, 3.05) is 23.4 Å². The number of aliphatic hydroxyl groups excluding tert-OH is 5. The van der Waals surface area contributed by atoms with Gasteiger partial charge in [0.15, 0.2) is 18.0 Å². The van der Waals surface area contributed by atoms with Gasteiger partial charge in [0.1, 0.15) is 18.3 Å². The van der Waals surface area contributed by atoms with Gasteiger partial charge in [0.05, 0.1) is 5.69 Å². The third-order valence-electron chi connectivity index (χ3n) is 6.07. The number of rotatable bonds is 8. The minimum atomic E-state index is -1.96. The fraction of sp³-hybridized carbons (Fsp3) is 0.478. The molecule has 0 saturated carbocycles. The van der Waals surface area contributed by atoms with Crippen LogP contribution in [0.25, 0.3) is 0 Å². The number of fused-ring (bicyclic) bond motifs is 1. The average molecular weight is 478 g/mol. The van der Waals surface area contributed by atoms with Crippen LogP contribution in [0.15, 0.2) is 43.0 Å². The molecule has 2 aliphatic heterocycles. The molecule has 0 aromatic heterocycles. The van der Waals surface area contributed by atoms with E-state index >= 15 is 0 Å². The summed E-state index contributed by atoms with van der Waals surface area (Å²) < 4.78 is 4.94. The smallest absolute Gasteiger partial charge is 0.264 e. The molecule has 34 heavy (non-hydrogen) atoms. The third kappa shape index (κ3) is 4.51. The largest absolute Gasteiger partial charge is 0.396 e. The van der Waals surface area contributed by atoms with Crippen LogP contribution in [-0.4, -0.2) is 86.3 Å². The monoisotopic (exact) mass is 478 g/mol. The predicted molar refractivity (Wildman–Crippen MR) is 120 cm³/mol. The maximum Gasteiger partial charge on any atom is 0.264 e. The number of amides is 2. The number of ether oxygens (including phenoxy) is 1. The van der Waals surface area contributed by atoms with E-state index < -0.39 is 54.0 Å². The number of carbonyl (C=O) groups excluding carboxylic acids is 2. The van der Waals surface area contributed by atoms with Crippen molar-refractivity contribution in [3.05, 3.63) is 48.6 Å². The fourth-order valence-corrected chi connectivity index (χ4v) is 4.14. The zero-order valence-corrected chi connectivity index (χ0v) is 18.6. The van der Waals surface area contributed by atoms with Crippen molar-refractivity contribution >= 4 is 23.2 Å². The molecule has 1 aromatic rings. The van der Waals surface area contributed by atoms with E-state index in [0.717, 1.165) is 0 Å². The van der Waals surface area contributed by atoms with Gasteiger partial charge in [-0.05, 0) is 24.6 Å². The maximum atomic E-state index is 13.2. The van der Waals surface area contributed by atoms with Crippen LogP contribution in [0.5, 0.6) is 0 Å². The normalized spacial score (nSPS) is 32.0. The quantitative estimate of drug-likeness (QED) is 0.224. The van der Waals surface area contributed by atoms with Crippen LogP contribution in [0.1, 0.15) is 18.9 Å². The number of nitrogens with zero attached hydrogens (tertiary/aromatic N) is 1. The van der Waals surface area contributed by atoms with Crippen molar-refractivity contribution in [1.82, 2.24) is 0 Å². The molecule has 11 heteroatoms. The summed E-state index contributed by atoms with van der Waals surface area (Å²) in [5, 5.41) is 62.2. The second-order valence-electron chi connectivity index (χ2n) is 8.34. The summed E-state index contributed by atoms with van der Waals surface area (Å²) in [6.07, 6.45) is -3.79. The van der Waals surface area contributed by atoms with Crippen LogP contribution in [0.3, 0.4) is 0 Å². The summed E-state index contributed by atoms with van der Waals surface area (Å²) in [6.45, 7) is 5.36. The lowest BCUT2D eigenvalue weighted by molar-refractivity contribution is -0.274. The van der Waals surface area contributed by atoms with Gasteiger partial charge in [0, 0.05) is 30.3 Å². The molecular formula is C23H30N2O9. The standard InChI is InChI=1S/C23H30N2O9/c1-3-9-25-15-8-7-13(24-20(30)19-17(28)16(27)18(29)21(31)34-19)11-14(15)23(33,22(25)32)12(2)6-4-5-10-26/h3-4,6-8,11-12,16-19,21,26-29,31,33H,1,5,9-10H2,2H3,(H,24,30)/b6-4+/t12-,16+,17+,18-,19+,21-,23+/m1/s1. The van der Waals surface area contributed by atoms with Gasteiger partial charge in [-0.1, -0.05) is 25.2 Å². The number of anilines is 2. The lowest BCUT2D eigenvalue weighted by Crippen LogP contribution is -2.60. The van der Waals surface area contributed by atoms with E-state index in [9.17, 15) is 35.1 Å². The van der Waals surface area contributed by atoms with Crippen LogP contribution >= 0.6 is 0 Å². The number of carbonyl (C=O) groups is 2. The Morgan fingerprint density at radius 2 is 1.97 bits per heavy atom. The van der Waals surface area contributed by atoms with Gasteiger partial charge in [-0.25, -0.2) is 0 Å². The first-order chi connectivity index (χ1) is 16.1. The molecule has 2 amide bonds. The molecule has 1 aromatic carbocycles. The second kappa shape index (κ2) is 10.3. The Bertz CT molecular complexity index is 968. The highest BCUT2D eigenvalue weighted by Gasteiger charge is 2.52. The van der Waals surface area contributed by atoms with Crippen molar-refractivity contribution < 1.29 is 45.0 Å². The molecule has 186 valence electrons. The van der Waals surface area contributed by atoms with E-state index in [1.807, 2.05) is 0 Å². The van der Waals surface area contributed by atoms with Gasteiger partial charge in [-0.2, -0.15) is 0 Å². The highest BCUT2D eigenvalue weighted by Crippen LogP contribution is 2.46. The lowest BCUT2D eigenvalue weighted by Gasteiger charge is -2.37. The molecule has 0 spiro atoms. The Labute approximate surface area is 196 Å². The number of hydrogen-bond donors (Lipinski definition) is 7. The number of hydrogen-bond acceptors (Lipinski definition) is 9. The summed E-state index contributed by atoms with van der Waals surface area (Å²) in [4.78, 5) is 27.3. The Morgan fingerprint density at radius 1 is 1.26 bits per heavy atom. The van der Waals surface area contributed by atoms with Crippen molar-refractivity contribution in [1.29, 1.82) is 0 Å². The second-order valence-corrected chi connectivity index (χ2v) is 8.34. The lowest BCUT2D eigenvalue weighted by atomic mass is 9.82. The van der Waals surface area contributed by atoms with E-state index in [1.165, 1.54) is 23.1 Å². The van der Waals surface area contributed by atoms with Gasteiger partial charge in [0.2, 0.25) is 0 Å². The summed E-state index contributed by atoms with van der Waals surface area (Å²) in [5.74, 6) is -2.16. The summed E-state index contributed by atoms with van der Waals surface area (Å²) >= 11 is 0. The Kier molecular flexibility index (Phi) is 7.88. The molecule has 0 unspecified atom stereocenters. The number of nitrogens with one attached hydrogen (secondary N) is 1. The fourth-order valence-electron chi connectivity index (χ4n) is 4.14. The van der Waals surface area contributed by atoms with Gasteiger partial charge < -0.3 is 45.6 Å². The first-order valence-electron chi connectivity index (χ1n) is 10.8. The van der Waals surface area contributed by atoms with Crippen molar-refractivity contribution in [3.8, 4) is 0 Å². The molecule has 0 radical (unpaired) electrons. The van der Waals surface area contributed by atoms with Crippen LogP contribution in [-0.2, 0) is 19.9 Å². The molecule has 3 rings (SSSR count). The third-order valence-corrected chi connectivity index (χ3v) is 6.07. The van der Waals surface area contributed by atoms with Gasteiger partial charge in [-0.3, -0.25) is 9.59 Å². The van der Waals surface area contributed by atoms with Crippen molar-refractivity contribution in [3.63, 3.8) is 0 Å². The van der Waals surface area contributed by atoms with Crippen LogP contribution in [0.2, 0.25) is 0 Å². The Balaban J connectivity index is 1.92. The van der Waals surface area contributed by atoms with Gasteiger partial charge in [-0.15, -0.1) is 6.58 Å². The summed E-state index contributed by atoms with van der Waals surface area (Å²) in [7, 11) is 0. The SMILES string of the molecule is C=CCN1C(=O)[C@](O)([C@H](C)/C=C/CCO)c2cc(NC(=O)[C@H]3O[C@@H](O)[C@H](O)[C@@H](O)[C@@H]3O)ccc21. The highest BCUT2D eigenvalue weighted by atomic mass is 16.6. The summed E-state index contributed by atoms with van der Waals surface area (Å²) in [6, 6.07) is 4.44. The van der Waals surface area contributed by atoms with E-state index in [-0.39, 0.29) is 24.4 Å². The first-order valence-corrected chi connectivity index (χ1v) is 10.8. The molecule has 11 nitrogen and oxygen atoms in total.